The van der Waals surface area contributed by atoms with Gasteiger partial charge in [-0.05, 0) is 30.3 Å². The first-order chi connectivity index (χ1) is 15.8. The summed E-state index contributed by atoms with van der Waals surface area (Å²) in [6.45, 7) is 5.93. The van der Waals surface area contributed by atoms with E-state index in [0.29, 0.717) is 42.1 Å². The van der Waals surface area contributed by atoms with Gasteiger partial charge in [-0.2, -0.15) is 9.29 Å². The van der Waals surface area contributed by atoms with Gasteiger partial charge in [0.05, 0.1) is 22.1 Å². The van der Waals surface area contributed by atoms with Crippen molar-refractivity contribution >= 4 is 33.4 Å². The normalized spacial score (nSPS) is 11.5. The Kier molecular flexibility index (Phi) is 8.48. The van der Waals surface area contributed by atoms with Gasteiger partial charge in [0.15, 0.2) is 11.6 Å². The molecular weight excluding hydrogens is 464 g/mol. The topological polar surface area (TPSA) is 115 Å². The highest BCUT2D eigenvalue weighted by molar-refractivity contribution is 7.99. The molecule has 0 radical (unpaired) electrons. The number of hydrogen-bond donors (Lipinski definition) is 1. The van der Waals surface area contributed by atoms with Gasteiger partial charge in [-0.3, -0.25) is 4.79 Å². The van der Waals surface area contributed by atoms with Crippen LogP contribution in [-0.4, -0.2) is 47.6 Å². The number of para-hydroxylation sites is 1. The number of rotatable bonds is 11. The fourth-order valence-electron chi connectivity index (χ4n) is 3.01. The first-order valence-electron chi connectivity index (χ1n) is 10.4. The highest BCUT2D eigenvalue weighted by Gasteiger charge is 2.23. The molecule has 1 N–H and O–H groups in total. The summed E-state index contributed by atoms with van der Waals surface area (Å²) in [6, 6.07) is 13.5. The van der Waals surface area contributed by atoms with E-state index >= 15 is 0 Å². The molecule has 0 saturated heterocycles. The van der Waals surface area contributed by atoms with Gasteiger partial charge in [0, 0.05) is 20.0 Å². The Bertz CT molecular complexity index is 1180. The number of sulfonamides is 1. The van der Waals surface area contributed by atoms with E-state index in [1.807, 2.05) is 18.2 Å². The number of hydrogen-bond acceptors (Lipinski definition) is 8. The number of thioether (sulfide) groups is 1. The molecule has 1 heterocycles. The average Bonchev–Trinajstić information content (AvgIpc) is 3.21. The van der Waals surface area contributed by atoms with Crippen LogP contribution in [0.25, 0.3) is 0 Å². The van der Waals surface area contributed by atoms with Crippen molar-refractivity contribution in [2.24, 2.45) is 0 Å². The molecule has 11 heteroatoms. The molecule has 176 valence electrons. The number of carbonyl (C=O) groups is 1. The first kappa shape index (κ1) is 24.7. The summed E-state index contributed by atoms with van der Waals surface area (Å²) in [4.78, 5) is 16.8. The number of carbonyl (C=O) groups excluding carboxylic acids is 1. The molecule has 0 fully saturated rings. The van der Waals surface area contributed by atoms with E-state index < -0.39 is 10.0 Å². The third kappa shape index (κ3) is 6.56. The molecule has 2 aromatic carbocycles. The molecule has 0 spiro atoms. The SMILES string of the molecule is CCN(CC)S(=O)(=O)c1ccc(Oc2ccccc2)c(NC(=O)CSCc2noc(C)n2)c1. The Hall–Kier alpha value is -2.89. The van der Waals surface area contributed by atoms with Crippen LogP contribution in [0.5, 0.6) is 11.5 Å². The number of aryl methyl sites for hydroxylation is 1. The minimum atomic E-state index is -3.71. The van der Waals surface area contributed by atoms with Crippen molar-refractivity contribution in [3.63, 3.8) is 0 Å². The van der Waals surface area contributed by atoms with Crippen LogP contribution in [0.4, 0.5) is 5.69 Å². The number of anilines is 1. The summed E-state index contributed by atoms with van der Waals surface area (Å²) in [6.07, 6.45) is 0. The Morgan fingerprint density at radius 1 is 1.15 bits per heavy atom. The maximum absolute atomic E-state index is 13.0. The molecule has 0 bridgehead atoms. The van der Waals surface area contributed by atoms with Crippen molar-refractivity contribution in [2.45, 2.75) is 31.4 Å². The second-order valence-corrected chi connectivity index (χ2v) is 9.86. The molecule has 3 aromatic rings. The van der Waals surface area contributed by atoms with Crippen LogP contribution in [-0.2, 0) is 20.6 Å². The molecule has 0 unspecified atom stereocenters. The van der Waals surface area contributed by atoms with E-state index in [1.165, 1.54) is 28.2 Å². The van der Waals surface area contributed by atoms with E-state index in [4.69, 9.17) is 9.26 Å². The molecule has 3 rings (SSSR count). The van der Waals surface area contributed by atoms with Crippen LogP contribution in [0.15, 0.2) is 57.9 Å². The minimum Gasteiger partial charge on any atom is -0.455 e. The highest BCUT2D eigenvalue weighted by Crippen LogP contribution is 2.33. The standard InChI is InChI=1S/C22H26N4O5S2/c1-4-26(5-2)33(28,29)18-11-12-20(30-17-9-7-6-8-10-17)19(13-18)24-22(27)15-32-14-21-23-16(3)31-25-21/h6-13H,4-5,14-15H2,1-3H3,(H,24,27). The lowest BCUT2D eigenvalue weighted by molar-refractivity contribution is -0.113. The van der Waals surface area contributed by atoms with E-state index in [2.05, 4.69) is 15.5 Å². The summed E-state index contributed by atoms with van der Waals surface area (Å²) in [5.41, 5.74) is 0.271. The molecule has 9 nitrogen and oxygen atoms in total. The zero-order valence-corrected chi connectivity index (χ0v) is 20.3. The number of amides is 1. The van der Waals surface area contributed by atoms with Crippen molar-refractivity contribution < 1.29 is 22.5 Å². The number of benzene rings is 2. The summed E-state index contributed by atoms with van der Waals surface area (Å²) in [7, 11) is -3.71. The van der Waals surface area contributed by atoms with Crippen LogP contribution in [0.1, 0.15) is 25.6 Å². The second kappa shape index (κ2) is 11.3. The van der Waals surface area contributed by atoms with Gasteiger partial charge in [0.2, 0.25) is 21.8 Å². The van der Waals surface area contributed by atoms with Gasteiger partial charge in [0.25, 0.3) is 0 Å². The number of aromatic nitrogens is 2. The molecule has 1 aromatic heterocycles. The zero-order valence-electron chi connectivity index (χ0n) is 18.6. The number of nitrogens with one attached hydrogen (secondary N) is 1. The fourth-order valence-corrected chi connectivity index (χ4v) is 5.15. The second-order valence-electron chi connectivity index (χ2n) is 6.93. The third-order valence-corrected chi connectivity index (χ3v) is 7.55. The lowest BCUT2D eigenvalue weighted by Crippen LogP contribution is -2.30. The van der Waals surface area contributed by atoms with Crippen molar-refractivity contribution in [1.82, 2.24) is 14.4 Å². The van der Waals surface area contributed by atoms with E-state index in [1.54, 1.807) is 39.0 Å². The summed E-state index contributed by atoms with van der Waals surface area (Å²) >= 11 is 1.31. The van der Waals surface area contributed by atoms with E-state index in [0.717, 1.165) is 0 Å². The molecular formula is C22H26N4O5S2. The Balaban J connectivity index is 1.81. The first-order valence-corrected chi connectivity index (χ1v) is 13.0. The van der Waals surface area contributed by atoms with Gasteiger partial charge in [0.1, 0.15) is 5.75 Å². The van der Waals surface area contributed by atoms with Crippen molar-refractivity contribution in [3.05, 3.63) is 60.2 Å². The molecule has 0 aliphatic carbocycles. The monoisotopic (exact) mass is 490 g/mol. The van der Waals surface area contributed by atoms with Gasteiger partial charge >= 0.3 is 0 Å². The van der Waals surface area contributed by atoms with Gasteiger partial charge in [-0.15, -0.1) is 11.8 Å². The smallest absolute Gasteiger partial charge is 0.243 e. The van der Waals surface area contributed by atoms with Crippen LogP contribution >= 0.6 is 11.8 Å². The van der Waals surface area contributed by atoms with Crippen molar-refractivity contribution in [3.8, 4) is 11.5 Å². The molecule has 33 heavy (non-hydrogen) atoms. The maximum Gasteiger partial charge on any atom is 0.243 e. The molecule has 1 amide bonds. The Morgan fingerprint density at radius 2 is 1.88 bits per heavy atom. The van der Waals surface area contributed by atoms with E-state index in [9.17, 15) is 13.2 Å². The lowest BCUT2D eigenvalue weighted by Gasteiger charge is -2.20. The zero-order chi connectivity index (χ0) is 23.8. The number of nitrogens with zero attached hydrogens (tertiary/aromatic N) is 3. The molecule has 0 aliphatic heterocycles. The molecule has 0 aliphatic rings. The average molecular weight is 491 g/mol. The van der Waals surface area contributed by atoms with Gasteiger partial charge in [-0.1, -0.05) is 37.2 Å². The van der Waals surface area contributed by atoms with Crippen LogP contribution in [0.3, 0.4) is 0 Å². The van der Waals surface area contributed by atoms with E-state index in [-0.39, 0.29) is 22.2 Å². The largest absolute Gasteiger partial charge is 0.455 e. The fraction of sp³-hybridized carbons (Fsp3) is 0.318. The predicted octanol–water partition coefficient (Wildman–Crippen LogP) is 4.07. The Morgan fingerprint density at radius 3 is 2.52 bits per heavy atom. The predicted molar refractivity (Wildman–Crippen MR) is 127 cm³/mol. The molecule has 0 saturated carbocycles. The highest BCUT2D eigenvalue weighted by atomic mass is 32.2. The minimum absolute atomic E-state index is 0.0804. The van der Waals surface area contributed by atoms with Gasteiger partial charge < -0.3 is 14.6 Å². The molecule has 0 atom stereocenters. The van der Waals surface area contributed by atoms with Crippen LogP contribution in [0, 0.1) is 6.92 Å². The maximum atomic E-state index is 13.0. The van der Waals surface area contributed by atoms with Crippen molar-refractivity contribution in [2.75, 3.05) is 24.2 Å². The summed E-state index contributed by atoms with van der Waals surface area (Å²) in [5.74, 6) is 2.09. The van der Waals surface area contributed by atoms with Gasteiger partial charge in [-0.25, -0.2) is 8.42 Å². The summed E-state index contributed by atoms with van der Waals surface area (Å²) in [5, 5.41) is 6.58. The van der Waals surface area contributed by atoms with Crippen LogP contribution in [0.2, 0.25) is 0 Å². The quantitative estimate of drug-likeness (QED) is 0.428. The van der Waals surface area contributed by atoms with Crippen LogP contribution < -0.4 is 10.1 Å². The number of ether oxygens (including phenoxy) is 1. The third-order valence-electron chi connectivity index (χ3n) is 4.57. The lowest BCUT2D eigenvalue weighted by atomic mass is 10.2. The van der Waals surface area contributed by atoms with Crippen molar-refractivity contribution in [1.29, 1.82) is 0 Å². The Labute approximate surface area is 197 Å². The summed E-state index contributed by atoms with van der Waals surface area (Å²) < 4.78 is 38.1.